The predicted octanol–water partition coefficient (Wildman–Crippen LogP) is 4.39. The van der Waals surface area contributed by atoms with E-state index in [-0.39, 0.29) is 11.7 Å². The number of aromatic amines is 1. The zero-order valence-corrected chi connectivity index (χ0v) is 16.1. The maximum atomic E-state index is 13.5. The lowest BCUT2D eigenvalue weighted by molar-refractivity contribution is -0.132. The number of nitrogens with two attached hydrogens (primary N) is 1. The molecule has 0 radical (unpaired) electrons. The van der Waals surface area contributed by atoms with E-state index in [0.29, 0.717) is 6.42 Å². The fraction of sp³-hybridized carbons (Fsp3) is 0.571. The van der Waals surface area contributed by atoms with Crippen molar-refractivity contribution in [2.45, 2.75) is 64.8 Å². The number of nitrogens with zero attached hydrogens (tertiary/aromatic N) is 1. The lowest BCUT2D eigenvalue weighted by Crippen LogP contribution is -2.45. The number of halogens is 1. The molecule has 144 valence electrons. The number of unbranched alkanes of at least 4 members (excludes halogenated alkanes) is 4. The third-order valence-electron chi connectivity index (χ3n) is 4.86. The van der Waals surface area contributed by atoms with Gasteiger partial charge in [0.1, 0.15) is 5.82 Å². The average molecular weight is 362 g/mol. The van der Waals surface area contributed by atoms with Gasteiger partial charge < -0.3 is 15.6 Å². The summed E-state index contributed by atoms with van der Waals surface area (Å²) in [7, 11) is 0. The van der Waals surface area contributed by atoms with Crippen molar-refractivity contribution in [1.82, 2.24) is 9.88 Å². The molecule has 2 rings (SSSR count). The van der Waals surface area contributed by atoms with Crippen LogP contribution in [-0.4, -0.2) is 34.9 Å². The van der Waals surface area contributed by atoms with E-state index in [2.05, 4.69) is 18.8 Å². The normalized spacial score (nSPS) is 12.5. The summed E-state index contributed by atoms with van der Waals surface area (Å²) >= 11 is 0. The molecule has 0 aliphatic rings. The van der Waals surface area contributed by atoms with Crippen molar-refractivity contribution >= 4 is 16.8 Å². The second-order valence-electron chi connectivity index (χ2n) is 7.05. The number of nitrogens with one attached hydrogen (secondary N) is 1. The van der Waals surface area contributed by atoms with Crippen LogP contribution in [0.2, 0.25) is 0 Å². The van der Waals surface area contributed by atoms with Crippen LogP contribution in [0.3, 0.4) is 0 Å². The van der Waals surface area contributed by atoms with Crippen LogP contribution in [0.15, 0.2) is 24.4 Å². The number of aromatic nitrogens is 1. The molecule has 3 N–H and O–H groups in total. The van der Waals surface area contributed by atoms with E-state index >= 15 is 0 Å². The summed E-state index contributed by atoms with van der Waals surface area (Å²) < 4.78 is 13.5. The summed E-state index contributed by atoms with van der Waals surface area (Å²) in [6.07, 6.45) is 8.77. The molecule has 0 aliphatic carbocycles. The van der Waals surface area contributed by atoms with Gasteiger partial charge in [0.2, 0.25) is 5.91 Å². The number of benzene rings is 1. The molecule has 0 spiro atoms. The first-order valence-electron chi connectivity index (χ1n) is 9.86. The molecule has 0 unspecified atom stereocenters. The SMILES string of the molecule is CCCCCN(CCCCC)C(=O)[C@@H](N)Cc1c[nH]c2ccc(F)cc12. The minimum Gasteiger partial charge on any atom is -0.361 e. The van der Waals surface area contributed by atoms with Gasteiger partial charge in [0.05, 0.1) is 6.04 Å². The van der Waals surface area contributed by atoms with Gasteiger partial charge in [0.15, 0.2) is 0 Å². The van der Waals surface area contributed by atoms with Crippen LogP contribution in [0.4, 0.5) is 4.39 Å². The van der Waals surface area contributed by atoms with Crippen LogP contribution >= 0.6 is 0 Å². The molecule has 0 aliphatic heterocycles. The second-order valence-corrected chi connectivity index (χ2v) is 7.05. The maximum absolute atomic E-state index is 13.5. The quantitative estimate of drug-likeness (QED) is 0.583. The zero-order chi connectivity index (χ0) is 18.9. The Morgan fingerprint density at radius 2 is 1.81 bits per heavy atom. The van der Waals surface area contributed by atoms with Gasteiger partial charge >= 0.3 is 0 Å². The fourth-order valence-corrected chi connectivity index (χ4v) is 3.32. The monoisotopic (exact) mass is 361 g/mol. The van der Waals surface area contributed by atoms with Crippen LogP contribution in [0.5, 0.6) is 0 Å². The largest absolute Gasteiger partial charge is 0.361 e. The Balaban J connectivity index is 2.04. The highest BCUT2D eigenvalue weighted by atomic mass is 19.1. The van der Waals surface area contributed by atoms with Crippen LogP contribution in [-0.2, 0) is 11.2 Å². The molecular weight excluding hydrogens is 329 g/mol. The zero-order valence-electron chi connectivity index (χ0n) is 16.1. The molecular formula is C21H32FN3O. The molecule has 0 saturated heterocycles. The molecule has 1 heterocycles. The molecule has 5 heteroatoms. The molecule has 1 amide bonds. The molecule has 0 saturated carbocycles. The van der Waals surface area contributed by atoms with Crippen LogP contribution in [0, 0.1) is 5.82 Å². The number of carbonyl (C=O) groups excluding carboxylic acids is 1. The first kappa shape index (κ1) is 20.4. The summed E-state index contributed by atoms with van der Waals surface area (Å²) in [5.41, 5.74) is 8.00. The number of H-pyrrole nitrogens is 1. The Morgan fingerprint density at radius 1 is 1.15 bits per heavy atom. The second kappa shape index (κ2) is 10.3. The summed E-state index contributed by atoms with van der Waals surface area (Å²) in [4.78, 5) is 17.9. The lowest BCUT2D eigenvalue weighted by atomic mass is 10.0. The van der Waals surface area contributed by atoms with Crippen molar-refractivity contribution in [3.05, 3.63) is 35.8 Å². The van der Waals surface area contributed by atoms with Crippen LogP contribution in [0.25, 0.3) is 10.9 Å². The van der Waals surface area contributed by atoms with Crippen LogP contribution < -0.4 is 5.73 Å². The maximum Gasteiger partial charge on any atom is 0.239 e. The van der Waals surface area contributed by atoms with Gasteiger partial charge in [-0.3, -0.25) is 4.79 Å². The summed E-state index contributed by atoms with van der Waals surface area (Å²) in [6.45, 7) is 5.86. The number of hydrogen-bond acceptors (Lipinski definition) is 2. The topological polar surface area (TPSA) is 62.1 Å². The Labute approximate surface area is 155 Å². The molecule has 1 aromatic carbocycles. The summed E-state index contributed by atoms with van der Waals surface area (Å²) in [5.74, 6) is -0.276. The van der Waals surface area contributed by atoms with E-state index in [1.54, 1.807) is 6.07 Å². The van der Waals surface area contributed by atoms with Gasteiger partial charge in [-0.1, -0.05) is 39.5 Å². The van der Waals surface area contributed by atoms with Crippen molar-refractivity contribution < 1.29 is 9.18 Å². The molecule has 4 nitrogen and oxygen atoms in total. The fourth-order valence-electron chi connectivity index (χ4n) is 3.32. The van der Waals surface area contributed by atoms with Gasteiger partial charge in [0, 0.05) is 30.2 Å². The minimum absolute atomic E-state index is 0.00274. The van der Waals surface area contributed by atoms with Crippen LogP contribution in [0.1, 0.15) is 57.9 Å². The third-order valence-corrected chi connectivity index (χ3v) is 4.86. The van der Waals surface area contributed by atoms with Crippen molar-refractivity contribution in [3.8, 4) is 0 Å². The molecule has 26 heavy (non-hydrogen) atoms. The standard InChI is InChI=1S/C21H32FN3O/c1-3-5-7-11-25(12-8-6-4-2)21(26)19(23)13-16-15-24-20-10-9-17(22)14-18(16)20/h9-10,14-15,19,24H,3-8,11-13,23H2,1-2H3/t19-/m0/s1. The molecule has 1 atom stereocenters. The Bertz CT molecular complexity index is 688. The number of rotatable bonds is 11. The smallest absolute Gasteiger partial charge is 0.239 e. The highest BCUT2D eigenvalue weighted by Crippen LogP contribution is 2.21. The van der Waals surface area contributed by atoms with Gasteiger partial charge in [-0.2, -0.15) is 0 Å². The van der Waals surface area contributed by atoms with E-state index in [4.69, 9.17) is 5.73 Å². The Morgan fingerprint density at radius 3 is 2.42 bits per heavy atom. The summed E-state index contributed by atoms with van der Waals surface area (Å²) in [5, 5.41) is 0.803. The van der Waals surface area contributed by atoms with E-state index in [1.807, 2.05) is 11.1 Å². The van der Waals surface area contributed by atoms with Gasteiger partial charge in [-0.15, -0.1) is 0 Å². The van der Waals surface area contributed by atoms with Gasteiger partial charge in [-0.05, 0) is 43.0 Å². The van der Waals surface area contributed by atoms with E-state index < -0.39 is 6.04 Å². The Kier molecular flexibility index (Phi) is 8.10. The highest BCUT2D eigenvalue weighted by molar-refractivity contribution is 5.86. The van der Waals surface area contributed by atoms with E-state index in [9.17, 15) is 9.18 Å². The molecule has 0 fully saturated rings. The lowest BCUT2D eigenvalue weighted by Gasteiger charge is -2.26. The Hall–Kier alpha value is -1.88. The number of amides is 1. The van der Waals surface area contributed by atoms with Crippen molar-refractivity contribution in [1.29, 1.82) is 0 Å². The van der Waals surface area contributed by atoms with Crippen molar-refractivity contribution in [3.63, 3.8) is 0 Å². The number of hydrogen-bond donors (Lipinski definition) is 2. The average Bonchev–Trinajstić information content (AvgIpc) is 3.02. The van der Waals surface area contributed by atoms with Gasteiger partial charge in [0.25, 0.3) is 0 Å². The number of carbonyl (C=O) groups is 1. The molecule has 1 aromatic heterocycles. The summed E-state index contributed by atoms with van der Waals surface area (Å²) in [6, 6.07) is 4.04. The van der Waals surface area contributed by atoms with Gasteiger partial charge in [-0.25, -0.2) is 4.39 Å². The predicted molar refractivity (Wildman–Crippen MR) is 106 cm³/mol. The first-order chi connectivity index (χ1) is 12.6. The van der Waals surface area contributed by atoms with E-state index in [0.717, 1.165) is 68.1 Å². The van der Waals surface area contributed by atoms with Crippen molar-refractivity contribution in [2.24, 2.45) is 5.73 Å². The number of fused-ring (bicyclic) bond motifs is 1. The first-order valence-corrected chi connectivity index (χ1v) is 9.86. The third kappa shape index (κ3) is 5.56. The van der Waals surface area contributed by atoms with E-state index in [1.165, 1.54) is 12.1 Å². The highest BCUT2D eigenvalue weighted by Gasteiger charge is 2.22. The molecule has 0 bridgehead atoms. The molecule has 2 aromatic rings. The minimum atomic E-state index is -0.597. The van der Waals surface area contributed by atoms with Crippen molar-refractivity contribution in [2.75, 3.05) is 13.1 Å².